The maximum absolute atomic E-state index is 12.5. The zero-order chi connectivity index (χ0) is 19.1. The monoisotopic (exact) mass is 362 g/mol. The van der Waals surface area contributed by atoms with Crippen LogP contribution >= 0.6 is 0 Å². The molecule has 1 fully saturated rings. The number of hydrogen-bond donors (Lipinski definition) is 2. The summed E-state index contributed by atoms with van der Waals surface area (Å²) in [6, 6.07) is 7.65. The van der Waals surface area contributed by atoms with Crippen LogP contribution < -0.4 is 5.32 Å². The van der Waals surface area contributed by atoms with Crippen LogP contribution in [0.3, 0.4) is 0 Å². The van der Waals surface area contributed by atoms with E-state index in [0.717, 1.165) is 5.56 Å². The van der Waals surface area contributed by atoms with Gasteiger partial charge >= 0.3 is 12.1 Å². The van der Waals surface area contributed by atoms with Gasteiger partial charge in [0.1, 0.15) is 18.7 Å². The summed E-state index contributed by atoms with van der Waals surface area (Å²) in [7, 11) is 0. The van der Waals surface area contributed by atoms with E-state index in [1.54, 1.807) is 0 Å². The molecule has 7 heteroatoms. The molecule has 2 unspecified atom stereocenters. The number of aliphatic carboxylic acids is 1. The first-order valence-electron chi connectivity index (χ1n) is 8.89. The Morgan fingerprint density at radius 1 is 1.27 bits per heavy atom. The van der Waals surface area contributed by atoms with Crippen molar-refractivity contribution in [3.05, 3.63) is 35.9 Å². The summed E-state index contributed by atoms with van der Waals surface area (Å²) < 4.78 is 5.30. The molecule has 1 saturated heterocycles. The van der Waals surface area contributed by atoms with Crippen LogP contribution in [0.15, 0.2) is 30.3 Å². The van der Waals surface area contributed by atoms with Crippen molar-refractivity contribution >= 4 is 18.0 Å². The first-order valence-corrected chi connectivity index (χ1v) is 8.89. The van der Waals surface area contributed by atoms with Gasteiger partial charge < -0.3 is 15.2 Å². The van der Waals surface area contributed by atoms with Crippen LogP contribution in [0.25, 0.3) is 0 Å². The molecular formula is C19H26N2O5. The zero-order valence-electron chi connectivity index (χ0n) is 15.2. The van der Waals surface area contributed by atoms with Crippen molar-refractivity contribution in [3.8, 4) is 0 Å². The molecule has 0 bridgehead atoms. The van der Waals surface area contributed by atoms with Crippen LogP contribution in [0, 0.1) is 5.92 Å². The number of amides is 2. The Labute approximate surface area is 153 Å². The Hall–Kier alpha value is -2.57. The SMILES string of the molecule is CC(C)CC(NC(=O)C1CCCN1C(=O)OCc1ccccc1)C(=O)O. The van der Waals surface area contributed by atoms with Crippen molar-refractivity contribution in [1.29, 1.82) is 0 Å². The minimum Gasteiger partial charge on any atom is -0.480 e. The quantitative estimate of drug-likeness (QED) is 0.776. The predicted molar refractivity (Wildman–Crippen MR) is 95.4 cm³/mol. The van der Waals surface area contributed by atoms with Crippen molar-refractivity contribution in [2.24, 2.45) is 5.92 Å². The predicted octanol–water partition coefficient (Wildman–Crippen LogP) is 2.40. The number of rotatable bonds is 7. The Morgan fingerprint density at radius 2 is 1.96 bits per heavy atom. The molecule has 0 aliphatic carbocycles. The van der Waals surface area contributed by atoms with E-state index in [0.29, 0.717) is 25.8 Å². The Bertz CT molecular complexity index is 632. The molecule has 2 atom stereocenters. The molecule has 0 saturated carbocycles. The molecule has 1 aliphatic heterocycles. The number of carbonyl (C=O) groups excluding carboxylic acids is 2. The van der Waals surface area contributed by atoms with Gasteiger partial charge in [-0.1, -0.05) is 44.2 Å². The van der Waals surface area contributed by atoms with Gasteiger partial charge in [0.25, 0.3) is 0 Å². The highest BCUT2D eigenvalue weighted by Crippen LogP contribution is 2.19. The van der Waals surface area contributed by atoms with Gasteiger partial charge in [-0.15, -0.1) is 0 Å². The van der Waals surface area contributed by atoms with Crippen LogP contribution in [-0.4, -0.2) is 46.6 Å². The maximum Gasteiger partial charge on any atom is 0.410 e. The van der Waals surface area contributed by atoms with Crippen LogP contribution in [0.1, 0.15) is 38.7 Å². The van der Waals surface area contributed by atoms with Crippen molar-refractivity contribution in [2.75, 3.05) is 6.54 Å². The number of carboxylic acid groups (broad SMARTS) is 1. The number of nitrogens with zero attached hydrogens (tertiary/aromatic N) is 1. The van der Waals surface area contributed by atoms with E-state index >= 15 is 0 Å². The number of carboxylic acids is 1. The average Bonchev–Trinajstić information content (AvgIpc) is 3.09. The third-order valence-corrected chi connectivity index (χ3v) is 4.32. The van der Waals surface area contributed by atoms with E-state index in [2.05, 4.69) is 5.32 Å². The molecule has 1 aliphatic rings. The second-order valence-corrected chi connectivity index (χ2v) is 6.92. The van der Waals surface area contributed by atoms with Crippen molar-refractivity contribution in [2.45, 2.75) is 51.8 Å². The largest absolute Gasteiger partial charge is 0.480 e. The van der Waals surface area contributed by atoms with Gasteiger partial charge in [-0.05, 0) is 30.7 Å². The molecule has 0 spiro atoms. The summed E-state index contributed by atoms with van der Waals surface area (Å²) in [4.78, 5) is 37.6. The molecule has 1 aromatic carbocycles. The van der Waals surface area contributed by atoms with Gasteiger partial charge in [-0.25, -0.2) is 9.59 Å². The lowest BCUT2D eigenvalue weighted by atomic mass is 10.0. The van der Waals surface area contributed by atoms with Crippen LogP contribution in [0.2, 0.25) is 0 Å². The summed E-state index contributed by atoms with van der Waals surface area (Å²) >= 11 is 0. The summed E-state index contributed by atoms with van der Waals surface area (Å²) in [6.07, 6.45) is 0.967. The standard InChI is InChI=1S/C19H26N2O5/c1-13(2)11-15(18(23)24)20-17(22)16-9-6-10-21(16)19(25)26-12-14-7-4-3-5-8-14/h3-5,7-8,13,15-16H,6,9-12H2,1-2H3,(H,20,22)(H,23,24). The summed E-state index contributed by atoms with van der Waals surface area (Å²) in [6.45, 7) is 4.35. The lowest BCUT2D eigenvalue weighted by molar-refractivity contribution is -0.142. The van der Waals surface area contributed by atoms with Crippen LogP contribution in [-0.2, 0) is 20.9 Å². The van der Waals surface area contributed by atoms with Crippen LogP contribution in [0.4, 0.5) is 4.79 Å². The normalized spacial score (nSPS) is 17.8. The first-order chi connectivity index (χ1) is 12.4. The van der Waals surface area contributed by atoms with Gasteiger partial charge in [0.05, 0.1) is 0 Å². The van der Waals surface area contributed by atoms with Gasteiger partial charge in [-0.3, -0.25) is 9.69 Å². The van der Waals surface area contributed by atoms with Crippen molar-refractivity contribution < 1.29 is 24.2 Å². The van der Waals surface area contributed by atoms with Crippen LogP contribution in [0.5, 0.6) is 0 Å². The van der Waals surface area contributed by atoms with Crippen molar-refractivity contribution in [3.63, 3.8) is 0 Å². The minimum absolute atomic E-state index is 0.131. The number of hydrogen-bond acceptors (Lipinski definition) is 4. The molecular weight excluding hydrogens is 336 g/mol. The van der Waals surface area contributed by atoms with Gasteiger partial charge in [0.15, 0.2) is 0 Å². The molecule has 7 nitrogen and oxygen atoms in total. The highest BCUT2D eigenvalue weighted by Gasteiger charge is 2.36. The molecule has 2 N–H and O–H groups in total. The third-order valence-electron chi connectivity index (χ3n) is 4.32. The fourth-order valence-electron chi connectivity index (χ4n) is 3.02. The highest BCUT2D eigenvalue weighted by atomic mass is 16.6. The van der Waals surface area contributed by atoms with E-state index in [-0.39, 0.29) is 12.5 Å². The number of benzene rings is 1. The summed E-state index contributed by atoms with van der Waals surface area (Å²) in [5, 5.41) is 11.8. The number of carbonyl (C=O) groups is 3. The van der Waals surface area contributed by atoms with E-state index in [1.807, 2.05) is 44.2 Å². The number of nitrogens with one attached hydrogen (secondary N) is 1. The van der Waals surface area contributed by atoms with Gasteiger partial charge in [0, 0.05) is 6.54 Å². The Balaban J connectivity index is 1.94. The lowest BCUT2D eigenvalue weighted by Gasteiger charge is -2.25. The number of likely N-dealkylation sites (tertiary alicyclic amines) is 1. The van der Waals surface area contributed by atoms with E-state index in [4.69, 9.17) is 4.74 Å². The molecule has 0 aromatic heterocycles. The molecule has 142 valence electrons. The Morgan fingerprint density at radius 3 is 2.58 bits per heavy atom. The van der Waals surface area contributed by atoms with E-state index < -0.39 is 30.1 Å². The molecule has 1 heterocycles. The topological polar surface area (TPSA) is 95.9 Å². The Kier molecular flexibility index (Phi) is 7.00. The minimum atomic E-state index is -1.07. The second kappa shape index (κ2) is 9.22. The lowest BCUT2D eigenvalue weighted by Crippen LogP contribution is -2.51. The summed E-state index contributed by atoms with van der Waals surface area (Å²) in [5.74, 6) is -1.37. The van der Waals surface area contributed by atoms with Gasteiger partial charge in [0.2, 0.25) is 5.91 Å². The smallest absolute Gasteiger partial charge is 0.410 e. The molecule has 2 rings (SSSR count). The number of ether oxygens (including phenoxy) is 1. The fourth-order valence-corrected chi connectivity index (χ4v) is 3.02. The molecule has 26 heavy (non-hydrogen) atoms. The van der Waals surface area contributed by atoms with E-state index in [1.165, 1.54) is 4.90 Å². The molecule has 0 radical (unpaired) electrons. The van der Waals surface area contributed by atoms with Gasteiger partial charge in [-0.2, -0.15) is 0 Å². The average molecular weight is 362 g/mol. The first kappa shape index (κ1) is 19.8. The highest BCUT2D eigenvalue weighted by molar-refractivity contribution is 5.89. The zero-order valence-corrected chi connectivity index (χ0v) is 15.2. The fraction of sp³-hybridized carbons (Fsp3) is 0.526. The molecule has 1 aromatic rings. The summed E-state index contributed by atoms with van der Waals surface area (Å²) in [5.41, 5.74) is 0.865. The van der Waals surface area contributed by atoms with E-state index in [9.17, 15) is 19.5 Å². The maximum atomic E-state index is 12.5. The van der Waals surface area contributed by atoms with Crippen molar-refractivity contribution in [1.82, 2.24) is 10.2 Å². The third kappa shape index (κ3) is 5.47. The molecule has 2 amide bonds. The second-order valence-electron chi connectivity index (χ2n) is 6.92.